The molecule has 1 N–H and O–H groups in total. The monoisotopic (exact) mass is 437 g/mol. The predicted molar refractivity (Wildman–Crippen MR) is 129 cm³/mol. The summed E-state index contributed by atoms with van der Waals surface area (Å²) in [5, 5.41) is 18.6. The Bertz CT molecular complexity index is 967. The lowest BCUT2D eigenvalue weighted by Gasteiger charge is -2.13. The van der Waals surface area contributed by atoms with Crippen LogP contribution in [0.2, 0.25) is 0 Å². The summed E-state index contributed by atoms with van der Waals surface area (Å²) in [5.41, 5.74) is 2.83. The summed E-state index contributed by atoms with van der Waals surface area (Å²) in [4.78, 5) is 2.22. The van der Waals surface area contributed by atoms with Gasteiger partial charge in [0.05, 0.1) is 0 Å². The van der Waals surface area contributed by atoms with Gasteiger partial charge in [0.25, 0.3) is 0 Å². The number of aromatic hydroxyl groups is 1. The zero-order valence-corrected chi connectivity index (χ0v) is 19.3. The van der Waals surface area contributed by atoms with Gasteiger partial charge in [0.15, 0.2) is 0 Å². The van der Waals surface area contributed by atoms with E-state index in [0.717, 1.165) is 35.4 Å². The largest absolute Gasteiger partial charge is 0.508 e. The number of hydrogen-bond acceptors (Lipinski definition) is 6. The Morgan fingerprint density at radius 1 is 1.06 bits per heavy atom. The molecule has 1 atom stereocenters. The lowest BCUT2D eigenvalue weighted by atomic mass is 10.1. The highest BCUT2D eigenvalue weighted by molar-refractivity contribution is 7.99. The smallest absolute Gasteiger partial charge is 0.247 e. The lowest BCUT2D eigenvalue weighted by Crippen LogP contribution is -2.12. The third-order valence-electron chi connectivity index (χ3n) is 4.91. The van der Waals surface area contributed by atoms with Gasteiger partial charge in [-0.25, -0.2) is 0 Å². The summed E-state index contributed by atoms with van der Waals surface area (Å²) in [7, 11) is 4.22. The summed E-state index contributed by atoms with van der Waals surface area (Å²) in [5.74, 6) is 2.11. The van der Waals surface area contributed by atoms with Crippen LogP contribution in [0.3, 0.4) is 0 Å². The maximum Gasteiger partial charge on any atom is 0.247 e. The molecule has 0 aliphatic rings. The number of benzene rings is 2. The first-order valence-corrected chi connectivity index (χ1v) is 11.8. The Labute approximate surface area is 189 Å². The number of unbranched alkanes of at least 4 members (excludes halogenated alkanes) is 2. The number of hydrogen-bond donors (Lipinski definition) is 1. The summed E-state index contributed by atoms with van der Waals surface area (Å²) in [6.07, 6.45) is 7.89. The number of aromatic nitrogens is 2. The molecule has 0 aliphatic heterocycles. The number of rotatable bonds is 11. The summed E-state index contributed by atoms with van der Waals surface area (Å²) in [6.45, 7) is 3.21. The van der Waals surface area contributed by atoms with Crippen LogP contribution in [0.4, 0.5) is 0 Å². The molecule has 0 amide bonds. The fourth-order valence-corrected chi connectivity index (χ4v) is 4.22. The molecular weight excluding hydrogens is 406 g/mol. The van der Waals surface area contributed by atoms with E-state index in [1.165, 1.54) is 12.8 Å². The molecule has 0 saturated heterocycles. The Hall–Kier alpha value is -2.57. The normalized spacial score (nSPS) is 12.6. The minimum absolute atomic E-state index is 0.192. The summed E-state index contributed by atoms with van der Waals surface area (Å²) < 4.78 is 6.00. The third kappa shape index (κ3) is 6.71. The number of nitrogens with zero attached hydrogens (tertiary/aromatic N) is 3. The van der Waals surface area contributed by atoms with Crippen LogP contribution in [-0.4, -0.2) is 46.6 Å². The maximum atomic E-state index is 10.3. The average molecular weight is 438 g/mol. The first-order chi connectivity index (χ1) is 15.1. The number of phenols is 1. The van der Waals surface area contributed by atoms with Crippen LogP contribution in [0.25, 0.3) is 17.5 Å². The zero-order chi connectivity index (χ0) is 22.1. The fraction of sp³-hybridized carbons (Fsp3) is 0.360. The van der Waals surface area contributed by atoms with Gasteiger partial charge in [0.1, 0.15) is 11.0 Å². The number of para-hydroxylation sites is 1. The highest BCUT2D eigenvalue weighted by Gasteiger charge is 2.23. The van der Waals surface area contributed by atoms with Gasteiger partial charge < -0.3 is 14.4 Å². The molecule has 3 rings (SSSR count). The van der Waals surface area contributed by atoms with Gasteiger partial charge in [-0.3, -0.25) is 0 Å². The van der Waals surface area contributed by atoms with Crippen molar-refractivity contribution < 1.29 is 9.52 Å². The minimum Gasteiger partial charge on any atom is -0.508 e. The second-order valence-corrected chi connectivity index (χ2v) is 9.05. The highest BCUT2D eigenvalue weighted by Crippen LogP contribution is 2.39. The van der Waals surface area contributed by atoms with Gasteiger partial charge in [-0.2, -0.15) is 0 Å². The van der Waals surface area contributed by atoms with Gasteiger partial charge in [0.2, 0.25) is 11.8 Å². The highest BCUT2D eigenvalue weighted by atomic mass is 32.2. The van der Waals surface area contributed by atoms with Crippen LogP contribution in [0.15, 0.2) is 59.0 Å². The standard InChI is InChI=1S/C25H31N3O2S/c1-4-31-23(21-12-8-9-13-22(21)29)25-27-26-24(30-25)20-16-14-19(15-17-20)11-7-5-6-10-18-28(2)3/h7-9,11-17,23,29H,4-6,10,18H2,1-3H3. The van der Waals surface area contributed by atoms with Crippen molar-refractivity contribution >= 4 is 17.8 Å². The van der Waals surface area contributed by atoms with Gasteiger partial charge >= 0.3 is 0 Å². The molecule has 0 aliphatic carbocycles. The number of allylic oxidation sites excluding steroid dienone is 1. The van der Waals surface area contributed by atoms with Crippen molar-refractivity contribution in [2.45, 2.75) is 31.4 Å². The Balaban J connectivity index is 1.65. The summed E-state index contributed by atoms with van der Waals surface area (Å²) in [6, 6.07) is 15.4. The van der Waals surface area contributed by atoms with E-state index in [1.54, 1.807) is 17.8 Å². The fourth-order valence-electron chi connectivity index (χ4n) is 3.27. The van der Waals surface area contributed by atoms with Crippen molar-refractivity contribution in [3.05, 3.63) is 71.6 Å². The molecule has 0 spiro atoms. The van der Waals surface area contributed by atoms with Gasteiger partial charge in [0, 0.05) is 11.1 Å². The van der Waals surface area contributed by atoms with E-state index in [9.17, 15) is 5.11 Å². The molecular formula is C25H31N3O2S. The molecule has 3 aromatic rings. The molecule has 1 unspecified atom stereocenters. The van der Waals surface area contributed by atoms with Crippen molar-refractivity contribution in [3.8, 4) is 17.2 Å². The SMILES string of the molecule is CCSC(c1nnc(-c2ccc(C=CCCCCN(C)C)cc2)o1)c1ccccc1O. The maximum absolute atomic E-state index is 10.3. The van der Waals surface area contributed by atoms with E-state index in [1.807, 2.05) is 30.3 Å². The molecule has 1 heterocycles. The van der Waals surface area contributed by atoms with Gasteiger partial charge in [-0.15, -0.1) is 22.0 Å². The van der Waals surface area contributed by atoms with Gasteiger partial charge in [-0.05, 0) is 69.4 Å². The van der Waals surface area contributed by atoms with Crippen molar-refractivity contribution in [1.82, 2.24) is 15.1 Å². The molecule has 0 bridgehead atoms. The molecule has 0 radical (unpaired) electrons. The Kier molecular flexibility index (Phi) is 8.74. The molecule has 5 nitrogen and oxygen atoms in total. The average Bonchev–Trinajstić information content (AvgIpc) is 3.25. The van der Waals surface area contributed by atoms with E-state index < -0.39 is 0 Å². The Morgan fingerprint density at radius 3 is 2.55 bits per heavy atom. The van der Waals surface area contributed by atoms with Crippen LogP contribution >= 0.6 is 11.8 Å². The van der Waals surface area contributed by atoms with Crippen LogP contribution in [0.1, 0.15) is 48.5 Å². The van der Waals surface area contributed by atoms with E-state index in [0.29, 0.717) is 11.8 Å². The zero-order valence-electron chi connectivity index (χ0n) is 18.5. The topological polar surface area (TPSA) is 62.4 Å². The van der Waals surface area contributed by atoms with Crippen molar-refractivity contribution in [2.24, 2.45) is 0 Å². The lowest BCUT2D eigenvalue weighted by molar-refractivity contribution is 0.395. The first kappa shape index (κ1) is 23.1. The molecule has 0 fully saturated rings. The predicted octanol–water partition coefficient (Wildman–Crippen LogP) is 6.03. The molecule has 2 aromatic carbocycles. The van der Waals surface area contributed by atoms with Crippen LogP contribution in [-0.2, 0) is 0 Å². The molecule has 6 heteroatoms. The molecule has 164 valence electrons. The van der Waals surface area contributed by atoms with Gasteiger partial charge in [-0.1, -0.05) is 49.4 Å². The molecule has 31 heavy (non-hydrogen) atoms. The Morgan fingerprint density at radius 2 is 1.84 bits per heavy atom. The van der Waals surface area contributed by atoms with Crippen LogP contribution in [0, 0.1) is 0 Å². The van der Waals surface area contributed by atoms with Crippen LogP contribution < -0.4 is 0 Å². The summed E-state index contributed by atoms with van der Waals surface area (Å²) >= 11 is 1.66. The van der Waals surface area contributed by atoms with E-state index in [-0.39, 0.29) is 11.0 Å². The third-order valence-corrected chi connectivity index (χ3v) is 6.03. The minimum atomic E-state index is -0.192. The second-order valence-electron chi connectivity index (χ2n) is 7.66. The second kappa shape index (κ2) is 11.7. The van der Waals surface area contributed by atoms with E-state index in [4.69, 9.17) is 4.42 Å². The van der Waals surface area contributed by atoms with E-state index >= 15 is 0 Å². The molecule has 0 saturated carbocycles. The number of thioether (sulfide) groups is 1. The van der Waals surface area contributed by atoms with Crippen molar-refractivity contribution in [2.75, 3.05) is 26.4 Å². The first-order valence-electron chi connectivity index (χ1n) is 10.7. The molecule has 1 aromatic heterocycles. The quantitative estimate of drug-likeness (QED) is 0.370. The van der Waals surface area contributed by atoms with Crippen molar-refractivity contribution in [1.29, 1.82) is 0 Å². The number of phenolic OH excluding ortho intramolecular Hbond substituents is 1. The van der Waals surface area contributed by atoms with Crippen molar-refractivity contribution in [3.63, 3.8) is 0 Å². The van der Waals surface area contributed by atoms with Crippen LogP contribution in [0.5, 0.6) is 5.75 Å². The van der Waals surface area contributed by atoms with E-state index in [2.05, 4.69) is 60.4 Å².